The highest BCUT2D eigenvalue weighted by molar-refractivity contribution is 14.0. The van der Waals surface area contributed by atoms with Crippen LogP contribution >= 0.6 is 24.0 Å². The van der Waals surface area contributed by atoms with Gasteiger partial charge in [-0.1, -0.05) is 49.4 Å². The molecule has 2 aromatic carbocycles. The van der Waals surface area contributed by atoms with E-state index in [0.717, 1.165) is 37.5 Å². The van der Waals surface area contributed by atoms with Crippen LogP contribution in [0.15, 0.2) is 59.6 Å². The van der Waals surface area contributed by atoms with Crippen LogP contribution in [0.4, 0.5) is 0 Å². The lowest BCUT2D eigenvalue weighted by Crippen LogP contribution is -2.38. The van der Waals surface area contributed by atoms with Crippen LogP contribution in [0.5, 0.6) is 0 Å². The van der Waals surface area contributed by atoms with Gasteiger partial charge in [0.1, 0.15) is 0 Å². The number of carbonyl (C=O) groups is 1. The Hall–Kier alpha value is -2.13. The van der Waals surface area contributed by atoms with E-state index in [4.69, 9.17) is 4.74 Å². The minimum absolute atomic E-state index is 0. The van der Waals surface area contributed by atoms with Gasteiger partial charge in [-0.15, -0.1) is 24.0 Å². The first-order chi connectivity index (χ1) is 14.7. The van der Waals surface area contributed by atoms with Crippen LogP contribution < -0.4 is 16.0 Å². The van der Waals surface area contributed by atoms with Crippen LogP contribution in [0.25, 0.3) is 0 Å². The van der Waals surface area contributed by atoms with E-state index in [1.54, 1.807) is 7.05 Å². The van der Waals surface area contributed by atoms with Gasteiger partial charge in [0.05, 0.1) is 6.10 Å². The van der Waals surface area contributed by atoms with Gasteiger partial charge < -0.3 is 20.7 Å². The fourth-order valence-corrected chi connectivity index (χ4v) is 3.49. The number of halogens is 1. The third-order valence-electron chi connectivity index (χ3n) is 5.33. The molecule has 1 amide bonds. The molecule has 0 spiro atoms. The largest absolute Gasteiger partial charge is 0.376 e. The topological polar surface area (TPSA) is 74.8 Å². The SMILES string of the molecule is CN=C(NCc1cccc(C(=O)NCC2CCCO2)c1)NCC(C)c1ccccc1.I. The quantitative estimate of drug-likeness (QED) is 0.274. The first-order valence-corrected chi connectivity index (χ1v) is 10.6. The molecule has 31 heavy (non-hydrogen) atoms. The molecule has 0 aromatic heterocycles. The number of nitrogens with zero attached hydrogens (tertiary/aromatic N) is 1. The Morgan fingerprint density at radius 3 is 2.65 bits per heavy atom. The first kappa shape index (κ1) is 25.1. The Morgan fingerprint density at radius 1 is 1.13 bits per heavy atom. The third-order valence-corrected chi connectivity index (χ3v) is 5.33. The van der Waals surface area contributed by atoms with Crippen molar-refractivity contribution >= 4 is 35.8 Å². The lowest BCUT2D eigenvalue weighted by molar-refractivity contribution is 0.0857. The molecule has 2 unspecified atom stereocenters. The van der Waals surface area contributed by atoms with E-state index in [1.165, 1.54) is 5.56 Å². The Balaban J connectivity index is 0.00000341. The van der Waals surface area contributed by atoms with Crippen molar-refractivity contribution in [1.82, 2.24) is 16.0 Å². The minimum atomic E-state index is -0.0634. The molecule has 1 fully saturated rings. The number of aliphatic imine (C=N–C) groups is 1. The van der Waals surface area contributed by atoms with E-state index < -0.39 is 0 Å². The van der Waals surface area contributed by atoms with Crippen molar-refractivity contribution in [1.29, 1.82) is 0 Å². The second-order valence-electron chi connectivity index (χ2n) is 7.66. The molecular formula is C24H33IN4O2. The molecule has 1 aliphatic rings. The van der Waals surface area contributed by atoms with Crippen LogP contribution in [0.2, 0.25) is 0 Å². The third kappa shape index (κ3) is 8.14. The maximum absolute atomic E-state index is 12.4. The molecule has 1 saturated heterocycles. The molecule has 168 valence electrons. The molecular weight excluding hydrogens is 503 g/mol. The highest BCUT2D eigenvalue weighted by Gasteiger charge is 2.16. The second-order valence-corrected chi connectivity index (χ2v) is 7.66. The molecule has 0 radical (unpaired) electrons. The van der Waals surface area contributed by atoms with Crippen molar-refractivity contribution in [2.75, 3.05) is 26.7 Å². The summed E-state index contributed by atoms with van der Waals surface area (Å²) < 4.78 is 5.56. The molecule has 0 saturated carbocycles. The summed E-state index contributed by atoms with van der Waals surface area (Å²) in [6.45, 7) is 4.93. The Bertz CT molecular complexity index is 838. The molecule has 7 heteroatoms. The van der Waals surface area contributed by atoms with Gasteiger partial charge >= 0.3 is 0 Å². The first-order valence-electron chi connectivity index (χ1n) is 10.6. The molecule has 0 bridgehead atoms. The van der Waals surface area contributed by atoms with Crippen LogP contribution in [-0.2, 0) is 11.3 Å². The average Bonchev–Trinajstić information content (AvgIpc) is 3.32. The van der Waals surface area contributed by atoms with Crippen LogP contribution in [0, 0.1) is 0 Å². The van der Waals surface area contributed by atoms with Gasteiger partial charge in [-0.2, -0.15) is 0 Å². The second kappa shape index (κ2) is 13.3. The highest BCUT2D eigenvalue weighted by Crippen LogP contribution is 2.13. The van der Waals surface area contributed by atoms with Crippen LogP contribution in [-0.4, -0.2) is 44.7 Å². The van der Waals surface area contributed by atoms with Crippen molar-refractivity contribution in [3.8, 4) is 0 Å². The summed E-state index contributed by atoms with van der Waals surface area (Å²) in [7, 11) is 1.76. The van der Waals surface area contributed by atoms with E-state index in [0.29, 0.717) is 24.6 Å². The molecule has 2 atom stereocenters. The van der Waals surface area contributed by atoms with Gasteiger partial charge in [0.15, 0.2) is 5.96 Å². The van der Waals surface area contributed by atoms with Crippen LogP contribution in [0.1, 0.15) is 47.2 Å². The number of benzene rings is 2. The summed E-state index contributed by atoms with van der Waals surface area (Å²) >= 11 is 0. The number of guanidine groups is 1. The van der Waals surface area contributed by atoms with E-state index in [1.807, 2.05) is 30.3 Å². The summed E-state index contributed by atoms with van der Waals surface area (Å²) in [5.74, 6) is 1.05. The summed E-state index contributed by atoms with van der Waals surface area (Å²) in [4.78, 5) is 16.7. The average molecular weight is 536 g/mol. The maximum atomic E-state index is 12.4. The Kier molecular flexibility index (Phi) is 10.8. The predicted molar refractivity (Wildman–Crippen MR) is 136 cm³/mol. The number of ether oxygens (including phenoxy) is 1. The van der Waals surface area contributed by atoms with Crippen molar-refractivity contribution in [2.45, 2.75) is 38.3 Å². The van der Waals surface area contributed by atoms with Crippen molar-refractivity contribution in [3.05, 3.63) is 71.3 Å². The summed E-state index contributed by atoms with van der Waals surface area (Å²) in [5, 5.41) is 9.67. The normalized spacial score (nSPS) is 16.8. The standard InChI is InChI=1S/C24H32N4O2.HI/c1-18(20-9-4-3-5-10-20)15-27-24(25-2)28-16-19-8-6-11-21(14-19)23(29)26-17-22-12-7-13-30-22;/h3-6,8-11,14,18,22H,7,12-13,15-17H2,1-2H3,(H,26,29)(H2,25,27,28);1H. The van der Waals surface area contributed by atoms with Gasteiger partial charge in [0, 0.05) is 38.9 Å². The number of carbonyl (C=O) groups excluding carboxylic acids is 1. The van der Waals surface area contributed by atoms with Crippen LogP contribution in [0.3, 0.4) is 0 Å². The van der Waals surface area contributed by atoms with Gasteiger partial charge in [0.2, 0.25) is 0 Å². The predicted octanol–water partition coefficient (Wildman–Crippen LogP) is 3.68. The van der Waals surface area contributed by atoms with Gasteiger partial charge in [0.25, 0.3) is 5.91 Å². The summed E-state index contributed by atoms with van der Waals surface area (Å²) in [6, 6.07) is 18.1. The molecule has 3 rings (SSSR count). The van der Waals surface area contributed by atoms with Gasteiger partial charge in [-0.05, 0) is 42.0 Å². The van der Waals surface area contributed by atoms with E-state index in [-0.39, 0.29) is 36.0 Å². The Morgan fingerprint density at radius 2 is 1.94 bits per heavy atom. The summed E-state index contributed by atoms with van der Waals surface area (Å²) in [5.41, 5.74) is 2.98. The Labute approximate surface area is 202 Å². The zero-order valence-electron chi connectivity index (χ0n) is 18.3. The number of nitrogens with one attached hydrogen (secondary N) is 3. The maximum Gasteiger partial charge on any atom is 0.251 e. The molecule has 1 aliphatic heterocycles. The number of rotatable bonds is 8. The lowest BCUT2D eigenvalue weighted by atomic mass is 10.0. The number of hydrogen-bond donors (Lipinski definition) is 3. The minimum Gasteiger partial charge on any atom is -0.376 e. The van der Waals surface area contributed by atoms with E-state index in [2.05, 4.69) is 52.1 Å². The fraction of sp³-hybridized carbons (Fsp3) is 0.417. The molecule has 6 nitrogen and oxygen atoms in total. The summed E-state index contributed by atoms with van der Waals surface area (Å²) in [6.07, 6.45) is 2.23. The monoisotopic (exact) mass is 536 g/mol. The lowest BCUT2D eigenvalue weighted by Gasteiger charge is -2.16. The zero-order valence-corrected chi connectivity index (χ0v) is 20.6. The molecule has 3 N–H and O–H groups in total. The smallest absolute Gasteiger partial charge is 0.251 e. The van der Waals surface area contributed by atoms with Gasteiger partial charge in [-0.3, -0.25) is 9.79 Å². The van der Waals surface area contributed by atoms with E-state index >= 15 is 0 Å². The number of amides is 1. The van der Waals surface area contributed by atoms with Crippen molar-refractivity contribution < 1.29 is 9.53 Å². The highest BCUT2D eigenvalue weighted by atomic mass is 127. The molecule has 0 aliphatic carbocycles. The van der Waals surface area contributed by atoms with Crippen molar-refractivity contribution in [2.24, 2.45) is 4.99 Å². The van der Waals surface area contributed by atoms with Gasteiger partial charge in [-0.25, -0.2) is 0 Å². The molecule has 1 heterocycles. The van der Waals surface area contributed by atoms with E-state index in [9.17, 15) is 4.79 Å². The van der Waals surface area contributed by atoms with Crippen molar-refractivity contribution in [3.63, 3.8) is 0 Å². The number of hydrogen-bond acceptors (Lipinski definition) is 3. The zero-order chi connectivity index (χ0) is 21.2. The molecule has 2 aromatic rings. The fourth-order valence-electron chi connectivity index (χ4n) is 3.49.